The second kappa shape index (κ2) is 4.78. The third kappa shape index (κ3) is 2.06. The zero-order valence-corrected chi connectivity index (χ0v) is 13.3. The summed E-state index contributed by atoms with van der Waals surface area (Å²) in [5, 5.41) is 7.47. The first-order valence-electron chi connectivity index (χ1n) is 6.26. The highest BCUT2D eigenvalue weighted by molar-refractivity contribution is 9.10. The minimum atomic E-state index is -3.65. The van der Waals surface area contributed by atoms with Crippen molar-refractivity contribution in [1.82, 2.24) is 24.2 Å². The van der Waals surface area contributed by atoms with E-state index in [0.717, 1.165) is 6.42 Å². The molecule has 1 aromatic heterocycles. The van der Waals surface area contributed by atoms with Crippen LogP contribution < -0.4 is 0 Å². The van der Waals surface area contributed by atoms with Gasteiger partial charge in [0.25, 0.3) is 10.0 Å². The molecule has 1 unspecified atom stereocenters. The number of halogens is 1. The number of aryl methyl sites for hydroxylation is 1. The highest BCUT2D eigenvalue weighted by atomic mass is 79.9. The lowest BCUT2D eigenvalue weighted by Crippen LogP contribution is -2.53. The fraction of sp³-hybridized carbons (Fsp3) is 0.700. The third-order valence-electron chi connectivity index (χ3n) is 3.78. The molecule has 0 aromatic carbocycles. The molecule has 0 N–H and O–H groups in total. The van der Waals surface area contributed by atoms with Crippen LogP contribution in [0.3, 0.4) is 0 Å². The Morgan fingerprint density at radius 3 is 2.75 bits per heavy atom. The number of aromatic nitrogens is 3. The quantitative estimate of drug-likeness (QED) is 0.711. The highest BCUT2D eigenvalue weighted by Gasteiger charge is 2.41. The molecule has 1 atom stereocenters. The number of hydrogen-bond acceptors (Lipinski definition) is 5. The molecule has 1 amide bonds. The van der Waals surface area contributed by atoms with Gasteiger partial charge in [0.05, 0.1) is 0 Å². The van der Waals surface area contributed by atoms with Gasteiger partial charge in [0.15, 0.2) is 4.60 Å². The van der Waals surface area contributed by atoms with E-state index in [1.165, 1.54) is 8.99 Å². The molecule has 20 heavy (non-hydrogen) atoms. The van der Waals surface area contributed by atoms with Gasteiger partial charge in [0.1, 0.15) is 0 Å². The SMILES string of the molecule is Cn1nnc(Br)c1S(=O)(=O)N1CCN2C(=O)CCC2C1. The molecule has 0 aliphatic carbocycles. The van der Waals surface area contributed by atoms with Crippen LogP contribution in [0.5, 0.6) is 0 Å². The van der Waals surface area contributed by atoms with Crippen molar-refractivity contribution in [1.29, 1.82) is 0 Å². The van der Waals surface area contributed by atoms with Crippen molar-refractivity contribution in [3.8, 4) is 0 Å². The highest BCUT2D eigenvalue weighted by Crippen LogP contribution is 2.28. The molecule has 0 spiro atoms. The average Bonchev–Trinajstić information content (AvgIpc) is 2.93. The summed E-state index contributed by atoms with van der Waals surface area (Å²) in [7, 11) is -2.11. The van der Waals surface area contributed by atoms with Crippen LogP contribution in [0.1, 0.15) is 12.8 Å². The number of rotatable bonds is 2. The van der Waals surface area contributed by atoms with Gasteiger partial charge in [-0.15, -0.1) is 5.10 Å². The van der Waals surface area contributed by atoms with Crippen molar-refractivity contribution >= 4 is 31.9 Å². The Balaban J connectivity index is 1.88. The van der Waals surface area contributed by atoms with Crippen LogP contribution >= 0.6 is 15.9 Å². The molecular weight excluding hydrogens is 350 g/mol. The molecule has 3 heterocycles. The van der Waals surface area contributed by atoms with Crippen LogP contribution in [0.4, 0.5) is 0 Å². The van der Waals surface area contributed by atoms with Gasteiger partial charge in [0.2, 0.25) is 10.9 Å². The Bertz CT molecular complexity index is 638. The number of amides is 1. The Hall–Kier alpha value is -1.00. The number of hydrogen-bond donors (Lipinski definition) is 0. The minimum absolute atomic E-state index is 0.00835. The lowest BCUT2D eigenvalue weighted by atomic mass is 10.2. The van der Waals surface area contributed by atoms with E-state index < -0.39 is 10.0 Å². The summed E-state index contributed by atoms with van der Waals surface area (Å²) in [5.41, 5.74) is 0. The second-order valence-electron chi connectivity index (χ2n) is 4.95. The topological polar surface area (TPSA) is 88.4 Å². The molecule has 2 aliphatic rings. The molecule has 10 heteroatoms. The average molecular weight is 364 g/mol. The Kier molecular flexibility index (Phi) is 3.33. The molecule has 0 radical (unpaired) electrons. The number of piperazine rings is 1. The summed E-state index contributed by atoms with van der Waals surface area (Å²) in [6.45, 7) is 1.10. The van der Waals surface area contributed by atoms with E-state index >= 15 is 0 Å². The Morgan fingerprint density at radius 2 is 2.10 bits per heavy atom. The van der Waals surface area contributed by atoms with Gasteiger partial charge in [-0.25, -0.2) is 13.1 Å². The largest absolute Gasteiger partial charge is 0.337 e. The monoisotopic (exact) mass is 363 g/mol. The van der Waals surface area contributed by atoms with E-state index in [1.807, 2.05) is 0 Å². The van der Waals surface area contributed by atoms with Crippen molar-refractivity contribution in [3.05, 3.63) is 4.60 Å². The first-order chi connectivity index (χ1) is 9.41. The van der Waals surface area contributed by atoms with Crippen LogP contribution in [-0.2, 0) is 21.9 Å². The van der Waals surface area contributed by atoms with Gasteiger partial charge >= 0.3 is 0 Å². The minimum Gasteiger partial charge on any atom is -0.337 e. The number of nitrogens with zero attached hydrogens (tertiary/aromatic N) is 5. The van der Waals surface area contributed by atoms with Gasteiger partial charge in [0, 0.05) is 39.1 Å². The molecule has 2 fully saturated rings. The van der Waals surface area contributed by atoms with Crippen LogP contribution in [0.2, 0.25) is 0 Å². The number of carbonyl (C=O) groups excluding carboxylic acids is 1. The fourth-order valence-corrected chi connectivity index (χ4v) is 5.27. The summed E-state index contributed by atoms with van der Waals surface area (Å²) in [6, 6.07) is -0.00835. The Labute approximate surface area is 124 Å². The smallest absolute Gasteiger partial charge is 0.263 e. The maximum atomic E-state index is 12.7. The van der Waals surface area contributed by atoms with Crippen molar-refractivity contribution < 1.29 is 13.2 Å². The molecule has 8 nitrogen and oxygen atoms in total. The van der Waals surface area contributed by atoms with Crippen molar-refractivity contribution in [2.45, 2.75) is 23.9 Å². The van der Waals surface area contributed by atoms with Gasteiger partial charge in [-0.05, 0) is 22.4 Å². The van der Waals surface area contributed by atoms with Crippen LogP contribution in [0.25, 0.3) is 0 Å². The maximum absolute atomic E-state index is 12.7. The molecule has 1 aromatic rings. The third-order valence-corrected chi connectivity index (χ3v) is 6.53. The predicted octanol–water partition coefficient (Wildman–Crippen LogP) is -0.427. The first kappa shape index (κ1) is 14.0. The number of sulfonamides is 1. The standard InChI is InChI=1S/C10H14BrN5O3S/c1-14-10(9(11)12-13-14)20(18,19)15-4-5-16-7(6-15)2-3-8(16)17/h7H,2-6H2,1H3. The molecule has 110 valence electrons. The lowest BCUT2D eigenvalue weighted by Gasteiger charge is -2.36. The summed E-state index contributed by atoms with van der Waals surface area (Å²) in [4.78, 5) is 13.4. The van der Waals surface area contributed by atoms with Crippen molar-refractivity contribution in [2.75, 3.05) is 19.6 Å². The first-order valence-corrected chi connectivity index (χ1v) is 8.49. The molecule has 3 rings (SSSR count). The zero-order valence-electron chi connectivity index (χ0n) is 10.9. The molecule has 2 aliphatic heterocycles. The van der Waals surface area contributed by atoms with E-state index in [1.54, 1.807) is 11.9 Å². The van der Waals surface area contributed by atoms with E-state index in [2.05, 4.69) is 26.2 Å². The van der Waals surface area contributed by atoms with E-state index in [4.69, 9.17) is 0 Å². The van der Waals surface area contributed by atoms with E-state index in [9.17, 15) is 13.2 Å². The van der Waals surface area contributed by atoms with E-state index in [-0.39, 0.29) is 21.6 Å². The van der Waals surface area contributed by atoms with Gasteiger partial charge in [-0.1, -0.05) is 5.21 Å². The van der Waals surface area contributed by atoms with Gasteiger partial charge < -0.3 is 4.90 Å². The van der Waals surface area contributed by atoms with Gasteiger partial charge in [-0.3, -0.25) is 4.79 Å². The van der Waals surface area contributed by atoms with Crippen LogP contribution in [-0.4, -0.2) is 64.2 Å². The second-order valence-corrected chi connectivity index (χ2v) is 7.56. The number of fused-ring (bicyclic) bond motifs is 1. The molecule has 0 bridgehead atoms. The fourth-order valence-electron chi connectivity index (χ4n) is 2.77. The summed E-state index contributed by atoms with van der Waals surface area (Å²) in [5.74, 6) is 0.121. The summed E-state index contributed by atoms with van der Waals surface area (Å²) < 4.78 is 28.2. The normalized spacial score (nSPS) is 24.2. The summed E-state index contributed by atoms with van der Waals surface area (Å²) >= 11 is 3.12. The summed E-state index contributed by atoms with van der Waals surface area (Å²) in [6.07, 6.45) is 1.23. The maximum Gasteiger partial charge on any atom is 0.263 e. The molecule has 0 saturated carbocycles. The van der Waals surface area contributed by atoms with E-state index in [0.29, 0.717) is 26.1 Å². The lowest BCUT2D eigenvalue weighted by molar-refractivity contribution is -0.130. The molecular formula is C10H14BrN5O3S. The van der Waals surface area contributed by atoms with Crippen molar-refractivity contribution in [3.63, 3.8) is 0 Å². The van der Waals surface area contributed by atoms with Gasteiger partial charge in [-0.2, -0.15) is 4.31 Å². The molecule has 2 saturated heterocycles. The zero-order chi connectivity index (χ0) is 14.5. The predicted molar refractivity (Wildman–Crippen MR) is 72.2 cm³/mol. The van der Waals surface area contributed by atoms with Crippen molar-refractivity contribution in [2.24, 2.45) is 7.05 Å². The number of carbonyl (C=O) groups is 1. The van der Waals surface area contributed by atoms with Crippen LogP contribution in [0.15, 0.2) is 9.63 Å². The van der Waals surface area contributed by atoms with Crippen LogP contribution in [0, 0.1) is 0 Å². The Morgan fingerprint density at radius 1 is 1.35 bits per heavy atom.